The van der Waals surface area contributed by atoms with Crippen LogP contribution in [0.25, 0.3) is 0 Å². The van der Waals surface area contributed by atoms with Crippen LogP contribution < -0.4 is 4.74 Å². The number of nitrogens with zero attached hydrogens (tertiary/aromatic N) is 2. The summed E-state index contributed by atoms with van der Waals surface area (Å²) in [6.45, 7) is 6.02. The average Bonchev–Trinajstić information content (AvgIpc) is 3.41. The third-order valence-electron chi connectivity index (χ3n) is 4.72. The summed E-state index contributed by atoms with van der Waals surface area (Å²) >= 11 is 1.48. The van der Waals surface area contributed by atoms with Gasteiger partial charge in [0, 0.05) is 30.6 Å². The normalized spacial score (nSPS) is 16.7. The predicted octanol–water partition coefficient (Wildman–Crippen LogP) is 3.81. The van der Waals surface area contributed by atoms with E-state index in [1.165, 1.54) is 18.4 Å². The Kier molecular flexibility index (Phi) is 5.66. The van der Waals surface area contributed by atoms with Crippen molar-refractivity contribution in [3.63, 3.8) is 0 Å². The molecule has 26 heavy (non-hydrogen) atoms. The van der Waals surface area contributed by atoms with Crippen molar-refractivity contribution in [1.82, 2.24) is 9.80 Å². The summed E-state index contributed by atoms with van der Waals surface area (Å²) in [4.78, 5) is 30.8. The van der Waals surface area contributed by atoms with Gasteiger partial charge in [-0.1, -0.05) is 0 Å². The summed E-state index contributed by atoms with van der Waals surface area (Å²) < 4.78 is 10.4. The molecule has 0 bridgehead atoms. The van der Waals surface area contributed by atoms with Crippen molar-refractivity contribution in [3.8, 4) is 5.95 Å². The van der Waals surface area contributed by atoms with Crippen molar-refractivity contribution in [2.45, 2.75) is 32.7 Å². The molecule has 140 valence electrons. The maximum absolute atomic E-state index is 12.8. The fourth-order valence-corrected chi connectivity index (χ4v) is 4.43. The fraction of sp³-hybridized carbons (Fsp3) is 0.474. The van der Waals surface area contributed by atoms with Crippen LogP contribution in [-0.4, -0.2) is 48.4 Å². The lowest BCUT2D eigenvalue weighted by atomic mass is 10.2. The zero-order valence-corrected chi connectivity index (χ0v) is 16.2. The molecule has 1 aliphatic heterocycles. The third-order valence-corrected chi connectivity index (χ3v) is 5.90. The number of thiophene rings is 1. The highest BCUT2D eigenvalue weighted by Crippen LogP contribution is 2.37. The molecule has 0 radical (unpaired) electrons. The van der Waals surface area contributed by atoms with Crippen LogP contribution in [0, 0.1) is 0 Å². The molecule has 0 aliphatic carbocycles. The molecule has 0 saturated carbocycles. The van der Waals surface area contributed by atoms with E-state index in [4.69, 9.17) is 9.15 Å². The van der Waals surface area contributed by atoms with Crippen LogP contribution in [0.4, 0.5) is 0 Å². The average molecular weight is 376 g/mol. The number of ether oxygens (including phenoxy) is 1. The van der Waals surface area contributed by atoms with Gasteiger partial charge in [0.15, 0.2) is 5.76 Å². The molecule has 3 heterocycles. The number of carbonyl (C=O) groups excluding carboxylic acids is 2. The highest BCUT2D eigenvalue weighted by molar-refractivity contribution is 7.14. The first-order valence-corrected chi connectivity index (χ1v) is 9.74. The number of rotatable bonds is 6. The van der Waals surface area contributed by atoms with E-state index in [2.05, 4.69) is 0 Å². The molecule has 2 aromatic rings. The fourth-order valence-electron chi connectivity index (χ4n) is 3.31. The Bertz CT molecular complexity index is 778. The van der Waals surface area contributed by atoms with Gasteiger partial charge < -0.3 is 19.0 Å². The van der Waals surface area contributed by atoms with Crippen LogP contribution in [0.5, 0.6) is 5.95 Å². The first kappa shape index (κ1) is 18.5. The van der Waals surface area contributed by atoms with Gasteiger partial charge in [0.25, 0.3) is 17.8 Å². The number of methoxy groups -OCH3 is 1. The second-order valence-corrected chi connectivity index (χ2v) is 7.27. The summed E-state index contributed by atoms with van der Waals surface area (Å²) in [6.07, 6.45) is 1.83. The molecule has 0 N–H and O–H groups in total. The quantitative estimate of drug-likeness (QED) is 0.769. The van der Waals surface area contributed by atoms with Gasteiger partial charge in [-0.2, -0.15) is 0 Å². The standard InChI is InChI=1S/C19H24N2O4S/c1-4-20(5-2)19(23)16-10-9-15(26-16)13-7-6-12-21(13)18(22)14-8-11-17(24-3)25-14/h8-11,13H,4-7,12H2,1-3H3/t13-/m0/s1. The predicted molar refractivity (Wildman–Crippen MR) is 99.8 cm³/mol. The van der Waals surface area contributed by atoms with E-state index < -0.39 is 0 Å². The van der Waals surface area contributed by atoms with Crippen molar-refractivity contribution >= 4 is 23.2 Å². The minimum Gasteiger partial charge on any atom is -0.468 e. The van der Waals surface area contributed by atoms with Gasteiger partial charge in [0.05, 0.1) is 18.0 Å². The van der Waals surface area contributed by atoms with Gasteiger partial charge in [-0.25, -0.2) is 0 Å². The second-order valence-electron chi connectivity index (χ2n) is 6.16. The number of carbonyl (C=O) groups is 2. The number of likely N-dealkylation sites (tertiary alicyclic amines) is 1. The van der Waals surface area contributed by atoms with Crippen molar-refractivity contribution in [2.75, 3.05) is 26.7 Å². The number of hydrogen-bond acceptors (Lipinski definition) is 5. The summed E-state index contributed by atoms with van der Waals surface area (Å²) in [5.41, 5.74) is 0. The molecular weight excluding hydrogens is 352 g/mol. The smallest absolute Gasteiger partial charge is 0.290 e. The van der Waals surface area contributed by atoms with Crippen LogP contribution in [0.3, 0.4) is 0 Å². The van der Waals surface area contributed by atoms with Crippen LogP contribution in [0.15, 0.2) is 28.7 Å². The minimum atomic E-state index is -0.138. The lowest BCUT2D eigenvalue weighted by Gasteiger charge is -2.23. The molecule has 3 rings (SSSR count). The Morgan fingerprint density at radius 2 is 2.04 bits per heavy atom. The molecule has 2 amide bonds. The van der Waals surface area contributed by atoms with E-state index in [0.717, 1.165) is 22.6 Å². The van der Waals surface area contributed by atoms with E-state index in [-0.39, 0.29) is 23.6 Å². The molecular formula is C19H24N2O4S. The van der Waals surface area contributed by atoms with Crippen LogP contribution in [0.2, 0.25) is 0 Å². The molecule has 0 spiro atoms. The van der Waals surface area contributed by atoms with Crippen LogP contribution in [-0.2, 0) is 0 Å². The summed E-state index contributed by atoms with van der Waals surface area (Å²) in [6, 6.07) is 7.12. The highest BCUT2D eigenvalue weighted by Gasteiger charge is 2.33. The van der Waals surface area contributed by atoms with Gasteiger partial charge in [-0.3, -0.25) is 9.59 Å². The monoisotopic (exact) mass is 376 g/mol. The first-order chi connectivity index (χ1) is 12.6. The SMILES string of the molecule is CCN(CC)C(=O)c1ccc([C@@H]2CCCN2C(=O)c2ccc(OC)o2)s1. The Balaban J connectivity index is 1.78. The molecule has 6 nitrogen and oxygen atoms in total. The third kappa shape index (κ3) is 3.49. The zero-order valence-electron chi connectivity index (χ0n) is 15.4. The summed E-state index contributed by atoms with van der Waals surface area (Å²) in [5.74, 6) is 0.524. The number of hydrogen-bond donors (Lipinski definition) is 0. The minimum absolute atomic E-state index is 0.0122. The summed E-state index contributed by atoms with van der Waals surface area (Å²) in [5, 5.41) is 0. The van der Waals surface area contributed by atoms with Crippen molar-refractivity contribution in [3.05, 3.63) is 39.8 Å². The van der Waals surface area contributed by atoms with E-state index in [0.29, 0.717) is 25.6 Å². The topological polar surface area (TPSA) is 63.0 Å². The Hall–Kier alpha value is -2.28. The zero-order chi connectivity index (χ0) is 18.7. The van der Waals surface area contributed by atoms with Gasteiger partial charge in [-0.15, -0.1) is 11.3 Å². The molecule has 0 unspecified atom stereocenters. The molecule has 1 atom stereocenters. The first-order valence-electron chi connectivity index (χ1n) is 8.92. The van der Waals surface area contributed by atoms with Crippen molar-refractivity contribution in [1.29, 1.82) is 0 Å². The Morgan fingerprint density at radius 1 is 1.27 bits per heavy atom. The molecule has 2 aromatic heterocycles. The maximum atomic E-state index is 12.8. The van der Waals surface area contributed by atoms with Gasteiger partial charge >= 0.3 is 0 Å². The highest BCUT2D eigenvalue weighted by atomic mass is 32.1. The lowest BCUT2D eigenvalue weighted by molar-refractivity contribution is 0.0699. The number of amides is 2. The molecule has 1 saturated heterocycles. The van der Waals surface area contributed by atoms with E-state index >= 15 is 0 Å². The molecule has 1 fully saturated rings. The molecule has 0 aromatic carbocycles. The lowest BCUT2D eigenvalue weighted by Crippen LogP contribution is -2.30. The van der Waals surface area contributed by atoms with E-state index in [1.54, 1.807) is 12.1 Å². The van der Waals surface area contributed by atoms with Crippen LogP contribution in [0.1, 0.15) is 57.8 Å². The van der Waals surface area contributed by atoms with Gasteiger partial charge in [-0.05, 0) is 44.9 Å². The van der Waals surface area contributed by atoms with E-state index in [9.17, 15) is 9.59 Å². The number of furan rings is 1. The maximum Gasteiger partial charge on any atom is 0.290 e. The summed E-state index contributed by atoms with van der Waals surface area (Å²) in [7, 11) is 1.51. The van der Waals surface area contributed by atoms with Crippen LogP contribution >= 0.6 is 11.3 Å². The molecule has 7 heteroatoms. The molecule has 1 aliphatic rings. The van der Waals surface area contributed by atoms with E-state index in [1.807, 2.05) is 35.8 Å². The van der Waals surface area contributed by atoms with Gasteiger partial charge in [0.2, 0.25) is 0 Å². The largest absolute Gasteiger partial charge is 0.468 e. The Morgan fingerprint density at radius 3 is 2.69 bits per heavy atom. The second kappa shape index (κ2) is 7.95. The van der Waals surface area contributed by atoms with Gasteiger partial charge in [0.1, 0.15) is 0 Å². The van der Waals surface area contributed by atoms with Crippen molar-refractivity contribution in [2.24, 2.45) is 0 Å². The Labute approximate surface area is 157 Å². The van der Waals surface area contributed by atoms with Crippen molar-refractivity contribution < 1.29 is 18.7 Å².